The molecule has 2 aromatic rings. The van der Waals surface area contributed by atoms with Gasteiger partial charge in [0.1, 0.15) is 5.82 Å². The summed E-state index contributed by atoms with van der Waals surface area (Å²) in [5, 5.41) is 18.1. The minimum atomic E-state index is -0.992. The molecule has 1 aromatic heterocycles. The smallest absolute Gasteiger partial charge is 0.305 e. The molecule has 0 bridgehead atoms. The van der Waals surface area contributed by atoms with E-state index in [1.165, 1.54) is 0 Å². The lowest BCUT2D eigenvalue weighted by Gasteiger charge is -2.16. The van der Waals surface area contributed by atoms with Gasteiger partial charge in [-0.05, 0) is 5.56 Å². The molecular formula is C14H16N4O3. The van der Waals surface area contributed by atoms with Gasteiger partial charge in [-0.2, -0.15) is 0 Å². The zero-order valence-electron chi connectivity index (χ0n) is 11.5. The van der Waals surface area contributed by atoms with Crippen molar-refractivity contribution in [3.05, 3.63) is 47.5 Å². The van der Waals surface area contributed by atoms with Crippen LogP contribution in [0.5, 0.6) is 0 Å². The van der Waals surface area contributed by atoms with E-state index in [1.54, 1.807) is 24.3 Å². The van der Waals surface area contributed by atoms with Crippen LogP contribution < -0.4 is 5.32 Å². The topological polar surface area (TPSA) is 108 Å². The van der Waals surface area contributed by atoms with Gasteiger partial charge in [-0.1, -0.05) is 37.3 Å². The Bertz CT molecular complexity index is 624. The second kappa shape index (κ2) is 6.65. The Balaban J connectivity index is 2.14. The van der Waals surface area contributed by atoms with Gasteiger partial charge in [0.25, 0.3) is 5.91 Å². The number of hydrogen-bond donors (Lipinski definition) is 3. The van der Waals surface area contributed by atoms with Crippen LogP contribution >= 0.6 is 0 Å². The predicted octanol–water partition coefficient (Wildman–Crippen LogP) is 1.31. The average Bonchev–Trinajstić information content (AvgIpc) is 2.96. The number of aliphatic carboxylic acids is 1. The minimum absolute atomic E-state index is 0.0122. The predicted molar refractivity (Wildman–Crippen MR) is 74.7 cm³/mol. The minimum Gasteiger partial charge on any atom is -0.481 e. The van der Waals surface area contributed by atoms with Crippen LogP contribution in [0.4, 0.5) is 0 Å². The largest absolute Gasteiger partial charge is 0.481 e. The summed E-state index contributed by atoms with van der Waals surface area (Å²) in [5.74, 6) is -0.873. The first-order valence-corrected chi connectivity index (χ1v) is 6.59. The Morgan fingerprint density at radius 2 is 2.05 bits per heavy atom. The fourth-order valence-electron chi connectivity index (χ4n) is 1.89. The van der Waals surface area contributed by atoms with Crippen molar-refractivity contribution in [3.8, 4) is 0 Å². The first-order valence-electron chi connectivity index (χ1n) is 6.59. The summed E-state index contributed by atoms with van der Waals surface area (Å²) in [6.45, 7) is 1.89. The number of nitrogens with one attached hydrogen (secondary N) is 2. The number of carboxylic acids is 1. The summed E-state index contributed by atoms with van der Waals surface area (Å²) < 4.78 is 0. The zero-order chi connectivity index (χ0) is 15.2. The van der Waals surface area contributed by atoms with Crippen molar-refractivity contribution in [1.82, 2.24) is 20.5 Å². The highest BCUT2D eigenvalue weighted by Crippen LogP contribution is 2.16. The van der Waals surface area contributed by atoms with Crippen molar-refractivity contribution in [1.29, 1.82) is 0 Å². The van der Waals surface area contributed by atoms with Crippen molar-refractivity contribution in [3.63, 3.8) is 0 Å². The molecule has 21 heavy (non-hydrogen) atoms. The standard InChI is InChI=1S/C14H16N4O3/c1-2-11-16-13(18-17-11)14(21)15-10(8-12(19)20)9-6-4-3-5-7-9/h3-7,10H,2,8H2,1H3,(H,15,21)(H,19,20)(H,16,17,18). The molecule has 110 valence electrons. The van der Waals surface area contributed by atoms with Crippen LogP contribution in [0.2, 0.25) is 0 Å². The molecule has 1 aromatic carbocycles. The van der Waals surface area contributed by atoms with Crippen LogP contribution in [0, 0.1) is 0 Å². The van der Waals surface area contributed by atoms with E-state index in [-0.39, 0.29) is 12.2 Å². The fraction of sp³-hybridized carbons (Fsp3) is 0.286. The molecule has 1 heterocycles. The van der Waals surface area contributed by atoms with Gasteiger partial charge in [0.05, 0.1) is 12.5 Å². The molecular weight excluding hydrogens is 272 g/mol. The Kier molecular flexibility index (Phi) is 4.65. The zero-order valence-corrected chi connectivity index (χ0v) is 11.5. The summed E-state index contributed by atoms with van der Waals surface area (Å²) in [6.07, 6.45) is 0.429. The molecule has 1 atom stereocenters. The molecule has 0 saturated carbocycles. The number of carbonyl (C=O) groups excluding carboxylic acids is 1. The molecule has 7 heteroatoms. The van der Waals surface area contributed by atoms with Crippen LogP contribution in [0.3, 0.4) is 0 Å². The third-order valence-electron chi connectivity index (χ3n) is 2.96. The lowest BCUT2D eigenvalue weighted by Crippen LogP contribution is -2.31. The van der Waals surface area contributed by atoms with Crippen LogP contribution in [-0.2, 0) is 11.2 Å². The van der Waals surface area contributed by atoms with E-state index >= 15 is 0 Å². The number of amides is 1. The maximum Gasteiger partial charge on any atom is 0.305 e. The summed E-state index contributed by atoms with van der Waals surface area (Å²) in [6, 6.07) is 8.31. The molecule has 1 amide bonds. The third kappa shape index (κ3) is 3.88. The number of carboxylic acid groups (broad SMARTS) is 1. The van der Waals surface area contributed by atoms with Gasteiger partial charge < -0.3 is 10.4 Å². The number of aromatic amines is 1. The molecule has 1 unspecified atom stereocenters. The van der Waals surface area contributed by atoms with Gasteiger partial charge in [-0.3, -0.25) is 14.7 Å². The summed E-state index contributed by atoms with van der Waals surface area (Å²) >= 11 is 0. The van der Waals surface area contributed by atoms with E-state index in [4.69, 9.17) is 5.11 Å². The SMILES string of the molecule is CCc1nc(C(=O)NC(CC(=O)O)c2ccccc2)n[nH]1. The van der Waals surface area contributed by atoms with Crippen molar-refractivity contribution >= 4 is 11.9 Å². The number of nitrogens with zero attached hydrogens (tertiary/aromatic N) is 2. The molecule has 0 spiro atoms. The Labute approximate surface area is 121 Å². The van der Waals surface area contributed by atoms with Gasteiger partial charge in [-0.25, -0.2) is 4.98 Å². The van der Waals surface area contributed by atoms with Crippen molar-refractivity contribution < 1.29 is 14.7 Å². The van der Waals surface area contributed by atoms with Crippen molar-refractivity contribution in [2.75, 3.05) is 0 Å². The van der Waals surface area contributed by atoms with Gasteiger partial charge in [0, 0.05) is 6.42 Å². The number of aromatic nitrogens is 3. The quantitative estimate of drug-likeness (QED) is 0.742. The number of aryl methyl sites for hydroxylation is 1. The van der Waals surface area contributed by atoms with Crippen LogP contribution in [0.1, 0.15) is 41.4 Å². The highest BCUT2D eigenvalue weighted by atomic mass is 16.4. The maximum atomic E-state index is 12.1. The van der Waals surface area contributed by atoms with Crippen LogP contribution in [-0.4, -0.2) is 32.2 Å². The molecule has 2 rings (SSSR count). The van der Waals surface area contributed by atoms with E-state index < -0.39 is 17.9 Å². The number of H-pyrrole nitrogens is 1. The summed E-state index contributed by atoms with van der Waals surface area (Å²) in [7, 11) is 0. The lowest BCUT2D eigenvalue weighted by atomic mass is 10.0. The summed E-state index contributed by atoms with van der Waals surface area (Å²) in [4.78, 5) is 27.1. The Hall–Kier alpha value is -2.70. The first kappa shape index (κ1) is 14.7. The third-order valence-corrected chi connectivity index (χ3v) is 2.96. The van der Waals surface area contributed by atoms with E-state index in [9.17, 15) is 9.59 Å². The van der Waals surface area contributed by atoms with E-state index in [0.717, 1.165) is 5.56 Å². The number of carbonyl (C=O) groups is 2. The number of hydrogen-bond acceptors (Lipinski definition) is 4. The number of rotatable bonds is 6. The molecule has 0 aliphatic rings. The maximum absolute atomic E-state index is 12.1. The van der Waals surface area contributed by atoms with Crippen LogP contribution in [0.15, 0.2) is 30.3 Å². The molecule has 0 aliphatic carbocycles. The number of benzene rings is 1. The fourth-order valence-corrected chi connectivity index (χ4v) is 1.89. The second-order valence-corrected chi connectivity index (χ2v) is 4.49. The molecule has 0 aliphatic heterocycles. The molecule has 0 radical (unpaired) electrons. The van der Waals surface area contributed by atoms with E-state index in [0.29, 0.717) is 12.2 Å². The molecule has 0 fully saturated rings. The molecule has 0 saturated heterocycles. The van der Waals surface area contributed by atoms with Gasteiger partial charge in [0.2, 0.25) is 5.82 Å². The normalized spacial score (nSPS) is 11.9. The molecule has 7 nitrogen and oxygen atoms in total. The highest BCUT2D eigenvalue weighted by Gasteiger charge is 2.21. The van der Waals surface area contributed by atoms with Crippen molar-refractivity contribution in [2.45, 2.75) is 25.8 Å². The lowest BCUT2D eigenvalue weighted by molar-refractivity contribution is -0.137. The van der Waals surface area contributed by atoms with Gasteiger partial charge >= 0.3 is 5.97 Å². The highest BCUT2D eigenvalue weighted by molar-refractivity contribution is 5.91. The first-order chi connectivity index (χ1) is 10.1. The van der Waals surface area contributed by atoms with Crippen LogP contribution in [0.25, 0.3) is 0 Å². The van der Waals surface area contributed by atoms with Gasteiger partial charge in [-0.15, -0.1) is 5.10 Å². The second-order valence-electron chi connectivity index (χ2n) is 4.49. The Morgan fingerprint density at radius 1 is 1.33 bits per heavy atom. The average molecular weight is 288 g/mol. The monoisotopic (exact) mass is 288 g/mol. The Morgan fingerprint density at radius 3 is 2.62 bits per heavy atom. The van der Waals surface area contributed by atoms with E-state index in [1.807, 2.05) is 13.0 Å². The van der Waals surface area contributed by atoms with E-state index in [2.05, 4.69) is 20.5 Å². The van der Waals surface area contributed by atoms with Gasteiger partial charge in [0.15, 0.2) is 0 Å². The van der Waals surface area contributed by atoms with Crippen molar-refractivity contribution in [2.24, 2.45) is 0 Å². The molecule has 3 N–H and O–H groups in total. The summed E-state index contributed by atoms with van der Waals surface area (Å²) in [5.41, 5.74) is 0.722.